The Balaban J connectivity index is 1.62. The maximum atomic E-state index is 13.1. The standard InChI is InChI=1S/C18H14Cl2FNO5/c19-12-8-11(2-3-14(12)21)22-16(23)9-27-18(24)10-6-13(20)17-15(7-10)25-4-1-5-26-17/h2-3,6-8H,1,4-5,9H2,(H,22,23). The van der Waals surface area contributed by atoms with Crippen LogP contribution in [0.25, 0.3) is 0 Å². The Kier molecular flexibility index (Phi) is 6.03. The first kappa shape index (κ1) is 19.3. The topological polar surface area (TPSA) is 73.9 Å². The van der Waals surface area contributed by atoms with Gasteiger partial charge in [-0.25, -0.2) is 9.18 Å². The lowest BCUT2D eigenvalue weighted by Gasteiger charge is -2.11. The van der Waals surface area contributed by atoms with Crippen LogP contribution < -0.4 is 14.8 Å². The first-order valence-corrected chi connectivity index (χ1v) is 8.71. The van der Waals surface area contributed by atoms with Gasteiger partial charge < -0.3 is 19.5 Å². The third-order valence-corrected chi connectivity index (χ3v) is 4.15. The average molecular weight is 414 g/mol. The van der Waals surface area contributed by atoms with Crippen LogP contribution in [0, 0.1) is 5.82 Å². The maximum absolute atomic E-state index is 13.1. The van der Waals surface area contributed by atoms with Crippen molar-refractivity contribution >= 4 is 40.8 Å². The zero-order chi connectivity index (χ0) is 19.4. The SMILES string of the molecule is O=C(COC(=O)c1cc(Cl)c2c(c1)OCCCO2)Nc1ccc(F)c(Cl)c1. The van der Waals surface area contributed by atoms with Gasteiger partial charge in [-0.1, -0.05) is 23.2 Å². The normalized spacial score (nSPS) is 12.9. The van der Waals surface area contributed by atoms with Crippen molar-refractivity contribution in [2.75, 3.05) is 25.1 Å². The third-order valence-electron chi connectivity index (χ3n) is 3.58. The number of carbonyl (C=O) groups excluding carboxylic acids is 2. The molecular formula is C18H14Cl2FNO5. The minimum atomic E-state index is -0.750. The van der Waals surface area contributed by atoms with Crippen molar-refractivity contribution in [3.63, 3.8) is 0 Å². The second kappa shape index (κ2) is 8.45. The monoisotopic (exact) mass is 413 g/mol. The molecule has 0 aliphatic carbocycles. The van der Waals surface area contributed by atoms with Crippen LogP contribution in [0.1, 0.15) is 16.8 Å². The molecule has 9 heteroatoms. The summed E-state index contributed by atoms with van der Waals surface area (Å²) >= 11 is 11.8. The van der Waals surface area contributed by atoms with Crippen molar-refractivity contribution in [2.45, 2.75) is 6.42 Å². The lowest BCUT2D eigenvalue weighted by molar-refractivity contribution is -0.119. The van der Waals surface area contributed by atoms with E-state index in [0.29, 0.717) is 31.1 Å². The lowest BCUT2D eigenvalue weighted by Crippen LogP contribution is -2.21. The van der Waals surface area contributed by atoms with E-state index in [0.717, 1.165) is 6.07 Å². The molecule has 6 nitrogen and oxygen atoms in total. The number of fused-ring (bicyclic) bond motifs is 1. The first-order chi connectivity index (χ1) is 12.9. The highest BCUT2D eigenvalue weighted by molar-refractivity contribution is 6.32. The van der Waals surface area contributed by atoms with Gasteiger partial charge in [-0.2, -0.15) is 0 Å². The molecule has 1 N–H and O–H groups in total. The van der Waals surface area contributed by atoms with Crippen LogP contribution in [0.15, 0.2) is 30.3 Å². The summed E-state index contributed by atoms with van der Waals surface area (Å²) in [5.41, 5.74) is 0.406. The average Bonchev–Trinajstić information content (AvgIpc) is 2.88. The van der Waals surface area contributed by atoms with Crippen molar-refractivity contribution in [3.05, 3.63) is 51.8 Å². The fraction of sp³-hybridized carbons (Fsp3) is 0.222. The molecule has 1 heterocycles. The summed E-state index contributed by atoms with van der Waals surface area (Å²) in [6, 6.07) is 6.54. The lowest BCUT2D eigenvalue weighted by atomic mass is 10.2. The van der Waals surface area contributed by atoms with E-state index in [1.165, 1.54) is 24.3 Å². The molecule has 0 saturated heterocycles. The van der Waals surface area contributed by atoms with Crippen LogP contribution in [0.5, 0.6) is 11.5 Å². The van der Waals surface area contributed by atoms with Gasteiger partial charge in [0.05, 0.1) is 28.8 Å². The second-order valence-electron chi connectivity index (χ2n) is 5.59. The van der Waals surface area contributed by atoms with E-state index >= 15 is 0 Å². The predicted octanol–water partition coefficient (Wildman–Crippen LogP) is 4.09. The van der Waals surface area contributed by atoms with Crippen LogP contribution in [0.2, 0.25) is 10.0 Å². The molecule has 1 aliphatic rings. The van der Waals surface area contributed by atoms with Crippen LogP contribution in [-0.2, 0) is 9.53 Å². The molecule has 0 aromatic heterocycles. The molecule has 0 fully saturated rings. The van der Waals surface area contributed by atoms with Crippen molar-refractivity contribution < 1.29 is 28.2 Å². The molecule has 3 rings (SSSR count). The molecular weight excluding hydrogens is 400 g/mol. The number of carbonyl (C=O) groups is 2. The Morgan fingerprint density at radius 1 is 1.11 bits per heavy atom. The molecule has 142 valence electrons. The highest BCUT2D eigenvalue weighted by Gasteiger charge is 2.20. The molecule has 27 heavy (non-hydrogen) atoms. The fourth-order valence-electron chi connectivity index (χ4n) is 2.33. The summed E-state index contributed by atoms with van der Waals surface area (Å²) in [6.45, 7) is 0.356. The first-order valence-electron chi connectivity index (χ1n) is 7.95. The minimum absolute atomic E-state index is 0.127. The van der Waals surface area contributed by atoms with Gasteiger partial charge in [0.25, 0.3) is 5.91 Å². The zero-order valence-electron chi connectivity index (χ0n) is 13.9. The summed E-state index contributed by atoms with van der Waals surface area (Å²) in [5, 5.41) is 2.53. The van der Waals surface area contributed by atoms with E-state index in [4.69, 9.17) is 37.4 Å². The molecule has 2 aromatic carbocycles. The molecule has 0 spiro atoms. The fourth-order valence-corrected chi connectivity index (χ4v) is 2.78. The largest absolute Gasteiger partial charge is 0.489 e. The molecule has 0 bridgehead atoms. The van der Waals surface area contributed by atoms with Gasteiger partial charge in [-0.15, -0.1) is 0 Å². The number of rotatable bonds is 4. The Morgan fingerprint density at radius 3 is 2.67 bits per heavy atom. The molecule has 0 atom stereocenters. The van der Waals surface area contributed by atoms with E-state index < -0.39 is 24.3 Å². The summed E-state index contributed by atoms with van der Waals surface area (Å²) in [7, 11) is 0. The van der Waals surface area contributed by atoms with Crippen molar-refractivity contribution in [1.82, 2.24) is 0 Å². The van der Waals surface area contributed by atoms with Gasteiger partial charge in [-0.05, 0) is 30.3 Å². The third kappa shape index (κ3) is 4.81. The summed E-state index contributed by atoms with van der Waals surface area (Å²) in [6.07, 6.45) is 0.693. The number of benzene rings is 2. The molecule has 0 saturated carbocycles. The van der Waals surface area contributed by atoms with Crippen LogP contribution >= 0.6 is 23.2 Å². The number of halogens is 3. The van der Waals surface area contributed by atoms with E-state index in [2.05, 4.69) is 5.32 Å². The highest BCUT2D eigenvalue weighted by atomic mass is 35.5. The predicted molar refractivity (Wildman–Crippen MR) is 97.4 cm³/mol. The molecule has 2 aromatic rings. The van der Waals surface area contributed by atoms with Crippen molar-refractivity contribution in [2.24, 2.45) is 0 Å². The van der Waals surface area contributed by atoms with Crippen molar-refractivity contribution in [3.8, 4) is 11.5 Å². The van der Waals surface area contributed by atoms with E-state index in [-0.39, 0.29) is 21.3 Å². The van der Waals surface area contributed by atoms with E-state index in [1.807, 2.05) is 0 Å². The molecule has 1 amide bonds. The van der Waals surface area contributed by atoms with Gasteiger partial charge in [0.2, 0.25) is 0 Å². The number of hydrogen-bond acceptors (Lipinski definition) is 5. The zero-order valence-corrected chi connectivity index (χ0v) is 15.4. The van der Waals surface area contributed by atoms with Gasteiger partial charge >= 0.3 is 5.97 Å². The molecule has 0 unspecified atom stereocenters. The second-order valence-corrected chi connectivity index (χ2v) is 6.40. The Hall–Kier alpha value is -2.51. The Morgan fingerprint density at radius 2 is 1.89 bits per heavy atom. The number of esters is 1. The summed E-state index contributed by atoms with van der Waals surface area (Å²) < 4.78 is 29.1. The maximum Gasteiger partial charge on any atom is 0.338 e. The van der Waals surface area contributed by atoms with Crippen LogP contribution in [0.3, 0.4) is 0 Å². The number of anilines is 1. The number of nitrogens with one attached hydrogen (secondary N) is 1. The Bertz CT molecular complexity index is 890. The van der Waals surface area contributed by atoms with Gasteiger partial charge in [-0.3, -0.25) is 4.79 Å². The number of hydrogen-bond donors (Lipinski definition) is 1. The van der Waals surface area contributed by atoms with Gasteiger partial charge in [0, 0.05) is 12.1 Å². The number of ether oxygens (including phenoxy) is 3. The highest BCUT2D eigenvalue weighted by Crippen LogP contribution is 2.38. The number of amides is 1. The minimum Gasteiger partial charge on any atom is -0.489 e. The molecule has 0 radical (unpaired) electrons. The van der Waals surface area contributed by atoms with Gasteiger partial charge in [0.15, 0.2) is 18.1 Å². The van der Waals surface area contributed by atoms with E-state index in [1.54, 1.807) is 0 Å². The summed E-state index contributed by atoms with van der Waals surface area (Å²) in [5.74, 6) is -1.24. The quantitative estimate of drug-likeness (QED) is 0.764. The molecule has 1 aliphatic heterocycles. The van der Waals surface area contributed by atoms with Gasteiger partial charge in [0.1, 0.15) is 5.82 Å². The smallest absolute Gasteiger partial charge is 0.338 e. The van der Waals surface area contributed by atoms with Crippen molar-refractivity contribution in [1.29, 1.82) is 0 Å². The summed E-state index contributed by atoms with van der Waals surface area (Å²) in [4.78, 5) is 24.1. The Labute approximate surface area is 164 Å². The van der Waals surface area contributed by atoms with E-state index in [9.17, 15) is 14.0 Å². The van der Waals surface area contributed by atoms with Crippen LogP contribution in [-0.4, -0.2) is 31.7 Å². The van der Waals surface area contributed by atoms with Crippen LogP contribution in [0.4, 0.5) is 10.1 Å².